The summed E-state index contributed by atoms with van der Waals surface area (Å²) in [6.45, 7) is 8.32. The lowest BCUT2D eigenvalue weighted by Gasteiger charge is -2.10. The highest BCUT2D eigenvalue weighted by molar-refractivity contribution is 5.41. The molecule has 4 nitrogen and oxygen atoms in total. The number of nitrogens with one attached hydrogen (secondary N) is 1. The molecule has 0 saturated heterocycles. The minimum Gasteiger partial charge on any atom is -0.496 e. The number of nitrogens with zero attached hydrogens (tertiary/aromatic N) is 1. The van der Waals surface area contributed by atoms with Gasteiger partial charge in [-0.15, -0.1) is 0 Å². The van der Waals surface area contributed by atoms with E-state index in [1.54, 1.807) is 13.2 Å². The van der Waals surface area contributed by atoms with Gasteiger partial charge in [0.15, 0.2) is 0 Å². The molecule has 0 spiro atoms. The molecule has 1 N–H and O–H groups in total. The average molecular weight is 260 g/mol. The van der Waals surface area contributed by atoms with Crippen LogP contribution in [-0.4, -0.2) is 26.9 Å². The van der Waals surface area contributed by atoms with E-state index in [1.165, 1.54) is 0 Å². The largest absolute Gasteiger partial charge is 0.496 e. The van der Waals surface area contributed by atoms with E-state index >= 15 is 0 Å². The molecule has 1 aromatic rings. The van der Waals surface area contributed by atoms with Crippen LogP contribution in [-0.2, 0) is 11.3 Å². The maximum absolute atomic E-state index is 8.88. The molecule has 0 fully saturated rings. The van der Waals surface area contributed by atoms with Gasteiger partial charge in [-0.1, -0.05) is 12.2 Å². The molecule has 19 heavy (non-hydrogen) atoms. The van der Waals surface area contributed by atoms with E-state index in [2.05, 4.69) is 18.0 Å². The molecule has 102 valence electrons. The third-order valence-electron chi connectivity index (χ3n) is 2.50. The Bertz CT molecular complexity index is 464. The summed E-state index contributed by atoms with van der Waals surface area (Å²) in [5.74, 6) is 0.786. The first-order valence-corrected chi connectivity index (χ1v) is 6.17. The van der Waals surface area contributed by atoms with Gasteiger partial charge in [-0.2, -0.15) is 5.26 Å². The van der Waals surface area contributed by atoms with Crippen LogP contribution in [0.25, 0.3) is 0 Å². The second-order valence-electron chi connectivity index (χ2n) is 4.32. The van der Waals surface area contributed by atoms with Crippen LogP contribution in [0.3, 0.4) is 0 Å². The Labute approximate surface area is 114 Å². The summed E-state index contributed by atoms with van der Waals surface area (Å²) in [6.07, 6.45) is 0. The lowest BCUT2D eigenvalue weighted by molar-refractivity contribution is 0.157. The Morgan fingerprint density at radius 3 is 2.89 bits per heavy atom. The zero-order valence-electron chi connectivity index (χ0n) is 11.5. The predicted octanol–water partition coefficient (Wildman–Crippen LogP) is 2.25. The maximum Gasteiger partial charge on any atom is 0.123 e. The van der Waals surface area contributed by atoms with Crippen molar-refractivity contribution >= 4 is 0 Å². The third kappa shape index (κ3) is 5.56. The highest BCUT2D eigenvalue weighted by atomic mass is 16.5. The van der Waals surface area contributed by atoms with Crippen molar-refractivity contribution < 1.29 is 9.47 Å². The summed E-state index contributed by atoms with van der Waals surface area (Å²) in [5, 5.41) is 12.1. The summed E-state index contributed by atoms with van der Waals surface area (Å²) < 4.78 is 10.7. The Morgan fingerprint density at radius 2 is 2.26 bits per heavy atom. The van der Waals surface area contributed by atoms with Gasteiger partial charge in [0, 0.05) is 18.7 Å². The van der Waals surface area contributed by atoms with Crippen LogP contribution in [0.5, 0.6) is 5.75 Å². The normalized spacial score (nSPS) is 9.95. The van der Waals surface area contributed by atoms with Crippen molar-refractivity contribution in [3.05, 3.63) is 41.5 Å². The Kier molecular flexibility index (Phi) is 6.65. The molecule has 0 aliphatic rings. The fraction of sp³-hybridized carbons (Fsp3) is 0.400. The van der Waals surface area contributed by atoms with Crippen LogP contribution in [0.4, 0.5) is 0 Å². The molecule has 0 aliphatic heterocycles. The van der Waals surface area contributed by atoms with Crippen LogP contribution >= 0.6 is 0 Å². The van der Waals surface area contributed by atoms with Crippen molar-refractivity contribution in [3.8, 4) is 11.8 Å². The number of benzene rings is 1. The number of rotatable bonds is 8. The van der Waals surface area contributed by atoms with Gasteiger partial charge < -0.3 is 14.8 Å². The molecule has 0 saturated carbocycles. The second-order valence-corrected chi connectivity index (χ2v) is 4.32. The molecule has 0 bridgehead atoms. The van der Waals surface area contributed by atoms with Crippen LogP contribution in [0, 0.1) is 11.3 Å². The smallest absolute Gasteiger partial charge is 0.123 e. The Morgan fingerprint density at radius 1 is 1.47 bits per heavy atom. The summed E-state index contributed by atoms with van der Waals surface area (Å²) in [7, 11) is 1.63. The SMILES string of the molecule is C=C(C)COCCNCc1cc(C#N)ccc1OC. The van der Waals surface area contributed by atoms with E-state index < -0.39 is 0 Å². The summed E-state index contributed by atoms with van der Waals surface area (Å²) in [5.41, 5.74) is 2.63. The molecule has 0 aliphatic carbocycles. The zero-order valence-corrected chi connectivity index (χ0v) is 11.5. The van der Waals surface area contributed by atoms with Crippen molar-refractivity contribution in [2.24, 2.45) is 0 Å². The number of hydrogen-bond acceptors (Lipinski definition) is 4. The first kappa shape index (κ1) is 15.2. The van der Waals surface area contributed by atoms with Gasteiger partial charge in [0.2, 0.25) is 0 Å². The van der Waals surface area contributed by atoms with Crippen molar-refractivity contribution in [3.63, 3.8) is 0 Å². The molecule has 0 aromatic heterocycles. The number of ether oxygens (including phenoxy) is 2. The third-order valence-corrected chi connectivity index (χ3v) is 2.50. The van der Waals surface area contributed by atoms with Crippen LogP contribution in [0.15, 0.2) is 30.4 Å². The van der Waals surface area contributed by atoms with Gasteiger partial charge in [-0.05, 0) is 25.1 Å². The number of hydrogen-bond donors (Lipinski definition) is 1. The zero-order chi connectivity index (χ0) is 14.1. The van der Waals surface area contributed by atoms with Gasteiger partial charge in [0.1, 0.15) is 5.75 Å². The second kappa shape index (κ2) is 8.30. The van der Waals surface area contributed by atoms with E-state index in [0.717, 1.165) is 23.4 Å². The molecule has 0 amide bonds. The van der Waals surface area contributed by atoms with E-state index in [1.807, 2.05) is 19.1 Å². The first-order chi connectivity index (χ1) is 9.17. The highest BCUT2D eigenvalue weighted by Gasteiger charge is 2.03. The maximum atomic E-state index is 8.88. The molecule has 4 heteroatoms. The van der Waals surface area contributed by atoms with Crippen LogP contribution in [0.1, 0.15) is 18.1 Å². The van der Waals surface area contributed by atoms with Crippen LogP contribution in [0.2, 0.25) is 0 Å². The van der Waals surface area contributed by atoms with E-state index in [-0.39, 0.29) is 0 Å². The summed E-state index contributed by atoms with van der Waals surface area (Å²) in [6, 6.07) is 7.52. The van der Waals surface area contributed by atoms with Crippen molar-refractivity contribution in [1.82, 2.24) is 5.32 Å². The monoisotopic (exact) mass is 260 g/mol. The topological polar surface area (TPSA) is 54.3 Å². The summed E-state index contributed by atoms with van der Waals surface area (Å²) >= 11 is 0. The quantitative estimate of drug-likeness (QED) is 0.575. The standard InChI is InChI=1S/C15H20N2O2/c1-12(2)11-19-7-6-17-10-14-8-13(9-16)4-5-15(14)18-3/h4-5,8,17H,1,6-7,10-11H2,2-3H3. The van der Waals surface area contributed by atoms with Gasteiger partial charge in [0.05, 0.1) is 32.0 Å². The van der Waals surface area contributed by atoms with Gasteiger partial charge in [0.25, 0.3) is 0 Å². The molecular formula is C15H20N2O2. The lowest BCUT2D eigenvalue weighted by Crippen LogP contribution is -2.20. The first-order valence-electron chi connectivity index (χ1n) is 6.17. The van der Waals surface area contributed by atoms with Gasteiger partial charge in [-0.25, -0.2) is 0 Å². The summed E-state index contributed by atoms with van der Waals surface area (Å²) in [4.78, 5) is 0. The van der Waals surface area contributed by atoms with E-state index in [9.17, 15) is 0 Å². The highest BCUT2D eigenvalue weighted by Crippen LogP contribution is 2.19. The van der Waals surface area contributed by atoms with Gasteiger partial charge >= 0.3 is 0 Å². The van der Waals surface area contributed by atoms with Crippen molar-refractivity contribution in [2.75, 3.05) is 26.9 Å². The fourth-order valence-electron chi connectivity index (χ4n) is 1.60. The lowest BCUT2D eigenvalue weighted by atomic mass is 10.1. The molecule has 0 unspecified atom stereocenters. The molecule has 0 radical (unpaired) electrons. The predicted molar refractivity (Wildman–Crippen MR) is 75.0 cm³/mol. The van der Waals surface area contributed by atoms with Crippen molar-refractivity contribution in [1.29, 1.82) is 5.26 Å². The number of nitriles is 1. The molecule has 0 atom stereocenters. The van der Waals surface area contributed by atoms with Crippen molar-refractivity contribution in [2.45, 2.75) is 13.5 Å². The Balaban J connectivity index is 2.40. The van der Waals surface area contributed by atoms with E-state index in [0.29, 0.717) is 25.3 Å². The minimum absolute atomic E-state index is 0.592. The molecular weight excluding hydrogens is 240 g/mol. The molecule has 1 rings (SSSR count). The van der Waals surface area contributed by atoms with Crippen LogP contribution < -0.4 is 10.1 Å². The van der Waals surface area contributed by atoms with Gasteiger partial charge in [-0.3, -0.25) is 0 Å². The van der Waals surface area contributed by atoms with E-state index in [4.69, 9.17) is 14.7 Å². The number of methoxy groups -OCH3 is 1. The fourth-order valence-corrected chi connectivity index (χ4v) is 1.60. The Hall–Kier alpha value is -1.83. The minimum atomic E-state index is 0.592. The molecule has 0 heterocycles. The molecule has 1 aromatic carbocycles. The average Bonchev–Trinajstić information content (AvgIpc) is 2.42.